The average Bonchev–Trinajstić information content (AvgIpc) is 2.27. The minimum absolute atomic E-state index is 0.0377. The van der Waals surface area contributed by atoms with Crippen LogP contribution in [0.1, 0.15) is 22.4 Å². The number of alkyl halides is 3. The lowest BCUT2D eigenvalue weighted by Crippen LogP contribution is -2.09. The van der Waals surface area contributed by atoms with Crippen LogP contribution in [0.2, 0.25) is 0 Å². The number of carboxylic acid groups (broad SMARTS) is 1. The van der Waals surface area contributed by atoms with Crippen LogP contribution in [-0.2, 0) is 31.2 Å². The van der Waals surface area contributed by atoms with E-state index in [2.05, 4.69) is 4.98 Å². The van der Waals surface area contributed by atoms with Crippen LogP contribution in [0.25, 0.3) is 0 Å². The summed E-state index contributed by atoms with van der Waals surface area (Å²) in [5.41, 5.74) is -0.375. The van der Waals surface area contributed by atoms with Crippen molar-refractivity contribution in [2.45, 2.75) is 26.4 Å². The Labute approximate surface area is 89.9 Å². The second-order valence-electron chi connectivity index (χ2n) is 3.16. The topological polar surface area (TPSA) is 50.2 Å². The molecule has 0 unspecified atom stereocenters. The summed E-state index contributed by atoms with van der Waals surface area (Å²) in [6.07, 6.45) is 0.547. The van der Waals surface area contributed by atoms with E-state index in [1.54, 1.807) is 0 Å². The number of pyridine rings is 1. The molecular weight excluding hydrogens is 223 g/mol. The van der Waals surface area contributed by atoms with Crippen molar-refractivity contribution in [1.29, 1.82) is 0 Å². The summed E-state index contributed by atoms with van der Waals surface area (Å²) >= 11 is 0. The standard InChI is InChI=1S/C10H10F3NO2/c11-2-6-5-14-9(1-10(15)16)8(4-13)7(6)3-12/h5H,1-4H2,(H,15,16). The highest BCUT2D eigenvalue weighted by Gasteiger charge is 2.16. The maximum absolute atomic E-state index is 12.7. The molecular formula is C10H10F3NO2. The smallest absolute Gasteiger partial charge is 0.309 e. The molecule has 3 nitrogen and oxygen atoms in total. The molecule has 0 aromatic carbocycles. The summed E-state index contributed by atoms with van der Waals surface area (Å²) in [6.45, 7) is -3.04. The van der Waals surface area contributed by atoms with E-state index in [-0.39, 0.29) is 22.4 Å². The largest absolute Gasteiger partial charge is 0.481 e. The van der Waals surface area contributed by atoms with E-state index in [9.17, 15) is 18.0 Å². The third-order valence-corrected chi connectivity index (χ3v) is 2.21. The van der Waals surface area contributed by atoms with Gasteiger partial charge in [0.05, 0.1) is 12.1 Å². The summed E-state index contributed by atoms with van der Waals surface area (Å²) in [5.74, 6) is -1.19. The molecule has 0 aliphatic heterocycles. The molecule has 6 heteroatoms. The van der Waals surface area contributed by atoms with Gasteiger partial charge >= 0.3 is 5.97 Å². The van der Waals surface area contributed by atoms with E-state index >= 15 is 0 Å². The molecule has 0 amide bonds. The maximum atomic E-state index is 12.7. The number of carbonyl (C=O) groups is 1. The van der Waals surface area contributed by atoms with Gasteiger partial charge in [-0.25, -0.2) is 13.2 Å². The van der Waals surface area contributed by atoms with Gasteiger partial charge in [0.1, 0.15) is 20.0 Å². The SMILES string of the molecule is O=C(O)Cc1ncc(CF)c(CF)c1CF. The van der Waals surface area contributed by atoms with Crippen molar-refractivity contribution in [2.24, 2.45) is 0 Å². The Morgan fingerprint density at radius 3 is 2.25 bits per heavy atom. The number of halogens is 3. The number of carboxylic acids is 1. The molecule has 1 N–H and O–H groups in total. The van der Waals surface area contributed by atoms with Gasteiger partial charge in [0.15, 0.2) is 0 Å². The van der Waals surface area contributed by atoms with Crippen LogP contribution in [0.5, 0.6) is 0 Å². The second-order valence-corrected chi connectivity index (χ2v) is 3.16. The van der Waals surface area contributed by atoms with E-state index in [0.29, 0.717) is 0 Å². The molecule has 0 atom stereocenters. The van der Waals surface area contributed by atoms with Gasteiger partial charge in [0.25, 0.3) is 0 Å². The van der Waals surface area contributed by atoms with Gasteiger partial charge in [0, 0.05) is 17.3 Å². The van der Waals surface area contributed by atoms with Crippen LogP contribution in [0.15, 0.2) is 6.20 Å². The molecule has 1 rings (SSSR count). The summed E-state index contributed by atoms with van der Waals surface area (Å²) in [7, 11) is 0. The van der Waals surface area contributed by atoms with Crippen LogP contribution in [0.3, 0.4) is 0 Å². The molecule has 1 aromatic heterocycles. The normalized spacial score (nSPS) is 10.4. The molecule has 0 aliphatic rings. The molecule has 0 spiro atoms. The Morgan fingerprint density at radius 2 is 1.81 bits per heavy atom. The fourth-order valence-corrected chi connectivity index (χ4v) is 1.41. The number of hydrogen-bond donors (Lipinski definition) is 1. The second kappa shape index (κ2) is 5.48. The minimum atomic E-state index is -1.19. The average molecular weight is 233 g/mol. The van der Waals surface area contributed by atoms with E-state index in [1.165, 1.54) is 0 Å². The summed E-state index contributed by atoms with van der Waals surface area (Å²) in [4.78, 5) is 14.1. The third kappa shape index (κ3) is 2.50. The van der Waals surface area contributed by atoms with Crippen LogP contribution in [0, 0.1) is 0 Å². The molecule has 0 radical (unpaired) electrons. The minimum Gasteiger partial charge on any atom is -0.481 e. The first-order valence-electron chi connectivity index (χ1n) is 4.52. The van der Waals surface area contributed by atoms with Gasteiger partial charge in [-0.1, -0.05) is 0 Å². The Morgan fingerprint density at radius 1 is 1.19 bits per heavy atom. The van der Waals surface area contributed by atoms with Crippen LogP contribution in [0.4, 0.5) is 13.2 Å². The number of nitrogens with zero attached hydrogens (tertiary/aromatic N) is 1. The maximum Gasteiger partial charge on any atom is 0.309 e. The Hall–Kier alpha value is -1.59. The molecule has 1 aromatic rings. The molecule has 0 fully saturated rings. The van der Waals surface area contributed by atoms with E-state index in [4.69, 9.17) is 5.11 Å². The Bertz CT molecular complexity index is 396. The molecule has 88 valence electrons. The highest BCUT2D eigenvalue weighted by atomic mass is 19.1. The highest BCUT2D eigenvalue weighted by Crippen LogP contribution is 2.21. The molecule has 0 aliphatic carbocycles. The van der Waals surface area contributed by atoms with Crippen molar-refractivity contribution in [2.75, 3.05) is 0 Å². The van der Waals surface area contributed by atoms with E-state index in [0.717, 1.165) is 6.20 Å². The summed E-state index contributed by atoms with van der Waals surface area (Å²) in [5, 5.41) is 8.55. The van der Waals surface area contributed by atoms with Gasteiger partial charge in [-0.15, -0.1) is 0 Å². The van der Waals surface area contributed by atoms with Crippen LogP contribution >= 0.6 is 0 Å². The molecule has 0 saturated heterocycles. The molecule has 0 saturated carbocycles. The van der Waals surface area contributed by atoms with Gasteiger partial charge in [0.2, 0.25) is 0 Å². The first-order valence-corrected chi connectivity index (χ1v) is 4.52. The summed E-state index contributed by atoms with van der Waals surface area (Å²) in [6, 6.07) is 0. The predicted octanol–water partition coefficient (Wildman–Crippen LogP) is 2.12. The first-order chi connectivity index (χ1) is 7.63. The van der Waals surface area contributed by atoms with Gasteiger partial charge < -0.3 is 5.11 Å². The van der Waals surface area contributed by atoms with Crippen molar-refractivity contribution in [3.8, 4) is 0 Å². The van der Waals surface area contributed by atoms with E-state index in [1.807, 2.05) is 0 Å². The number of aliphatic carboxylic acids is 1. The number of aromatic nitrogens is 1. The zero-order valence-electron chi connectivity index (χ0n) is 8.34. The van der Waals surface area contributed by atoms with Crippen molar-refractivity contribution in [3.63, 3.8) is 0 Å². The monoisotopic (exact) mass is 233 g/mol. The van der Waals surface area contributed by atoms with Crippen molar-refractivity contribution >= 4 is 5.97 Å². The van der Waals surface area contributed by atoms with Crippen LogP contribution < -0.4 is 0 Å². The van der Waals surface area contributed by atoms with Crippen LogP contribution in [-0.4, -0.2) is 16.1 Å². The molecule has 1 heterocycles. The van der Waals surface area contributed by atoms with Gasteiger partial charge in [-0.05, 0) is 5.56 Å². The zero-order chi connectivity index (χ0) is 12.1. The lowest BCUT2D eigenvalue weighted by atomic mass is 10.0. The molecule has 16 heavy (non-hydrogen) atoms. The lowest BCUT2D eigenvalue weighted by Gasteiger charge is -2.11. The lowest BCUT2D eigenvalue weighted by molar-refractivity contribution is -0.136. The molecule has 0 bridgehead atoms. The van der Waals surface area contributed by atoms with Gasteiger partial charge in [-0.2, -0.15) is 0 Å². The number of hydrogen-bond acceptors (Lipinski definition) is 2. The highest BCUT2D eigenvalue weighted by molar-refractivity contribution is 5.70. The zero-order valence-corrected chi connectivity index (χ0v) is 8.34. The van der Waals surface area contributed by atoms with Crippen molar-refractivity contribution in [1.82, 2.24) is 4.98 Å². The van der Waals surface area contributed by atoms with Crippen molar-refractivity contribution in [3.05, 3.63) is 28.6 Å². The predicted molar refractivity (Wildman–Crippen MR) is 50.0 cm³/mol. The van der Waals surface area contributed by atoms with E-state index < -0.39 is 32.4 Å². The Balaban J connectivity index is 3.25. The van der Waals surface area contributed by atoms with Gasteiger partial charge in [-0.3, -0.25) is 9.78 Å². The first kappa shape index (κ1) is 12.5. The fraction of sp³-hybridized carbons (Fsp3) is 0.400. The quantitative estimate of drug-likeness (QED) is 0.847. The third-order valence-electron chi connectivity index (χ3n) is 2.21. The summed E-state index contributed by atoms with van der Waals surface area (Å²) < 4.78 is 37.7. The fourth-order valence-electron chi connectivity index (χ4n) is 1.41. The Kier molecular flexibility index (Phi) is 4.28. The van der Waals surface area contributed by atoms with Crippen molar-refractivity contribution < 1.29 is 23.1 Å². The number of rotatable bonds is 5.